The summed E-state index contributed by atoms with van der Waals surface area (Å²) >= 11 is 0. The Labute approximate surface area is 189 Å². The standard InChI is InChI=1S/C24H33N3O5/c1-7-16-8-10-17(11-9-16)19(27(2)3)14-25-22(28)15-26-24(29)18-12-20(30-4)23(32-6)21(13-18)31-5/h8-13,19H,7,14-15H2,1-6H3,(H,25,28)(H,26,29). The second-order valence-electron chi connectivity index (χ2n) is 7.48. The van der Waals surface area contributed by atoms with Gasteiger partial charge in [-0.2, -0.15) is 0 Å². The number of likely N-dealkylation sites (N-methyl/N-ethyl adjacent to an activating group) is 1. The topological polar surface area (TPSA) is 89.1 Å². The lowest BCUT2D eigenvalue weighted by atomic mass is 10.0. The van der Waals surface area contributed by atoms with E-state index in [2.05, 4.69) is 46.7 Å². The fourth-order valence-electron chi connectivity index (χ4n) is 3.32. The van der Waals surface area contributed by atoms with E-state index < -0.39 is 5.91 Å². The first-order chi connectivity index (χ1) is 15.3. The lowest BCUT2D eigenvalue weighted by Crippen LogP contribution is -2.40. The summed E-state index contributed by atoms with van der Waals surface area (Å²) in [5.74, 6) is 0.432. The van der Waals surface area contributed by atoms with Gasteiger partial charge in [-0.15, -0.1) is 0 Å². The first kappa shape index (κ1) is 25.0. The number of nitrogens with one attached hydrogen (secondary N) is 2. The molecule has 32 heavy (non-hydrogen) atoms. The van der Waals surface area contributed by atoms with E-state index in [0.29, 0.717) is 29.4 Å². The second-order valence-corrected chi connectivity index (χ2v) is 7.48. The van der Waals surface area contributed by atoms with E-state index in [4.69, 9.17) is 14.2 Å². The molecule has 0 heterocycles. The zero-order valence-corrected chi connectivity index (χ0v) is 19.7. The lowest BCUT2D eigenvalue weighted by Gasteiger charge is -2.25. The maximum atomic E-state index is 12.6. The van der Waals surface area contributed by atoms with Crippen molar-refractivity contribution in [2.75, 3.05) is 48.5 Å². The van der Waals surface area contributed by atoms with E-state index in [-0.39, 0.29) is 18.5 Å². The van der Waals surface area contributed by atoms with Crippen LogP contribution in [-0.4, -0.2) is 65.2 Å². The van der Waals surface area contributed by atoms with Crippen LogP contribution in [0.4, 0.5) is 0 Å². The summed E-state index contributed by atoms with van der Waals surface area (Å²) < 4.78 is 15.8. The van der Waals surface area contributed by atoms with E-state index in [1.54, 1.807) is 0 Å². The fraction of sp³-hybridized carbons (Fsp3) is 0.417. The fourth-order valence-corrected chi connectivity index (χ4v) is 3.32. The van der Waals surface area contributed by atoms with Crippen LogP contribution in [0.5, 0.6) is 17.2 Å². The Morgan fingerprint density at radius 1 is 0.938 bits per heavy atom. The van der Waals surface area contributed by atoms with Gasteiger partial charge in [0.15, 0.2) is 11.5 Å². The van der Waals surface area contributed by atoms with E-state index in [0.717, 1.165) is 12.0 Å². The van der Waals surface area contributed by atoms with Crippen LogP contribution in [0.2, 0.25) is 0 Å². The zero-order chi connectivity index (χ0) is 23.7. The quantitative estimate of drug-likeness (QED) is 0.555. The lowest BCUT2D eigenvalue weighted by molar-refractivity contribution is -0.120. The van der Waals surface area contributed by atoms with Gasteiger partial charge in [0.05, 0.1) is 33.9 Å². The van der Waals surface area contributed by atoms with Crippen molar-refractivity contribution in [1.82, 2.24) is 15.5 Å². The van der Waals surface area contributed by atoms with Crippen LogP contribution in [0.15, 0.2) is 36.4 Å². The Kier molecular flexibility index (Phi) is 9.34. The van der Waals surface area contributed by atoms with Crippen LogP contribution in [0.3, 0.4) is 0 Å². The Morgan fingerprint density at radius 2 is 1.53 bits per heavy atom. The molecule has 2 aromatic rings. The Hall–Kier alpha value is -3.26. The first-order valence-corrected chi connectivity index (χ1v) is 10.4. The van der Waals surface area contributed by atoms with E-state index in [1.165, 1.54) is 39.0 Å². The number of carbonyl (C=O) groups is 2. The van der Waals surface area contributed by atoms with Gasteiger partial charge in [0.1, 0.15) is 0 Å². The molecular weight excluding hydrogens is 410 g/mol. The molecule has 2 aromatic carbocycles. The molecule has 0 radical (unpaired) electrons. The number of methoxy groups -OCH3 is 3. The van der Waals surface area contributed by atoms with Gasteiger partial charge in [-0.1, -0.05) is 31.2 Å². The summed E-state index contributed by atoms with van der Waals surface area (Å²) in [7, 11) is 8.38. The number of hydrogen-bond acceptors (Lipinski definition) is 6. The molecule has 0 saturated carbocycles. The summed E-state index contributed by atoms with van der Waals surface area (Å²) in [6.45, 7) is 2.40. The molecule has 8 nitrogen and oxygen atoms in total. The minimum Gasteiger partial charge on any atom is -0.493 e. The molecule has 0 aliphatic heterocycles. The van der Waals surface area contributed by atoms with Crippen molar-refractivity contribution in [2.24, 2.45) is 0 Å². The molecule has 0 aliphatic carbocycles. The minimum absolute atomic E-state index is 0.0238. The molecule has 0 spiro atoms. The molecule has 1 atom stereocenters. The van der Waals surface area contributed by atoms with Crippen LogP contribution < -0.4 is 24.8 Å². The number of nitrogens with zero attached hydrogens (tertiary/aromatic N) is 1. The highest BCUT2D eigenvalue weighted by Gasteiger charge is 2.18. The Balaban J connectivity index is 1.97. The van der Waals surface area contributed by atoms with Crippen molar-refractivity contribution >= 4 is 11.8 Å². The van der Waals surface area contributed by atoms with E-state index in [1.807, 2.05) is 14.1 Å². The van der Waals surface area contributed by atoms with Gasteiger partial charge in [-0.25, -0.2) is 0 Å². The van der Waals surface area contributed by atoms with E-state index >= 15 is 0 Å². The van der Waals surface area contributed by atoms with Gasteiger partial charge in [0.2, 0.25) is 11.7 Å². The van der Waals surface area contributed by atoms with Crippen LogP contribution in [0.1, 0.15) is 34.5 Å². The number of carbonyl (C=O) groups excluding carboxylic acids is 2. The highest BCUT2D eigenvalue weighted by Crippen LogP contribution is 2.38. The predicted octanol–water partition coefficient (Wildman–Crippen LogP) is 2.42. The first-order valence-electron chi connectivity index (χ1n) is 10.4. The summed E-state index contributed by atoms with van der Waals surface area (Å²) in [6.07, 6.45) is 0.981. The summed E-state index contributed by atoms with van der Waals surface area (Å²) in [6, 6.07) is 11.5. The highest BCUT2D eigenvalue weighted by molar-refractivity contribution is 5.97. The Morgan fingerprint density at radius 3 is 2.00 bits per heavy atom. The van der Waals surface area contributed by atoms with Gasteiger partial charge >= 0.3 is 0 Å². The molecule has 8 heteroatoms. The zero-order valence-electron chi connectivity index (χ0n) is 19.7. The molecule has 2 N–H and O–H groups in total. The van der Waals surface area contributed by atoms with Gasteiger partial charge in [-0.3, -0.25) is 9.59 Å². The smallest absolute Gasteiger partial charge is 0.251 e. The third kappa shape index (κ3) is 6.37. The van der Waals surface area contributed by atoms with Gasteiger partial charge in [-0.05, 0) is 43.8 Å². The number of rotatable bonds is 11. The SMILES string of the molecule is CCc1ccc(C(CNC(=O)CNC(=O)c2cc(OC)c(OC)c(OC)c2)N(C)C)cc1. The van der Waals surface area contributed by atoms with Crippen molar-refractivity contribution in [3.8, 4) is 17.2 Å². The minimum atomic E-state index is -0.418. The number of benzene rings is 2. The largest absolute Gasteiger partial charge is 0.493 e. The molecule has 2 amide bonds. The summed E-state index contributed by atoms with van der Waals surface area (Å²) in [5.41, 5.74) is 2.69. The van der Waals surface area contributed by atoms with Gasteiger partial charge < -0.3 is 29.7 Å². The Bertz CT molecular complexity index is 887. The molecule has 0 bridgehead atoms. The van der Waals surface area contributed by atoms with Crippen LogP contribution in [0.25, 0.3) is 0 Å². The molecule has 0 saturated heterocycles. The summed E-state index contributed by atoms with van der Waals surface area (Å²) in [4.78, 5) is 27.0. The van der Waals surface area contributed by atoms with Gasteiger partial charge in [0.25, 0.3) is 5.91 Å². The number of aryl methyl sites for hydroxylation is 1. The molecule has 1 unspecified atom stereocenters. The monoisotopic (exact) mass is 443 g/mol. The average Bonchev–Trinajstić information content (AvgIpc) is 2.81. The summed E-state index contributed by atoms with van der Waals surface area (Å²) in [5, 5.41) is 5.53. The van der Waals surface area contributed by atoms with Gasteiger partial charge in [0, 0.05) is 12.1 Å². The maximum Gasteiger partial charge on any atom is 0.251 e. The normalized spacial score (nSPS) is 11.6. The number of hydrogen-bond donors (Lipinski definition) is 2. The maximum absolute atomic E-state index is 12.6. The highest BCUT2D eigenvalue weighted by atomic mass is 16.5. The third-order valence-electron chi connectivity index (χ3n) is 5.23. The number of amides is 2. The van der Waals surface area contributed by atoms with Crippen molar-refractivity contribution in [3.63, 3.8) is 0 Å². The molecule has 174 valence electrons. The predicted molar refractivity (Wildman–Crippen MR) is 124 cm³/mol. The van der Waals surface area contributed by atoms with Crippen molar-refractivity contribution in [2.45, 2.75) is 19.4 Å². The second kappa shape index (κ2) is 12.0. The molecule has 2 rings (SSSR count). The third-order valence-corrected chi connectivity index (χ3v) is 5.23. The van der Waals surface area contributed by atoms with Crippen molar-refractivity contribution in [3.05, 3.63) is 53.1 Å². The molecule has 0 aliphatic rings. The van der Waals surface area contributed by atoms with Crippen LogP contribution in [-0.2, 0) is 11.2 Å². The molecule has 0 fully saturated rings. The van der Waals surface area contributed by atoms with Crippen molar-refractivity contribution < 1.29 is 23.8 Å². The van der Waals surface area contributed by atoms with Crippen LogP contribution >= 0.6 is 0 Å². The van der Waals surface area contributed by atoms with Crippen molar-refractivity contribution in [1.29, 1.82) is 0 Å². The van der Waals surface area contributed by atoms with Crippen LogP contribution in [0, 0.1) is 0 Å². The average molecular weight is 444 g/mol. The van der Waals surface area contributed by atoms with E-state index in [9.17, 15) is 9.59 Å². The number of ether oxygens (including phenoxy) is 3. The molecule has 0 aromatic heterocycles. The molecular formula is C24H33N3O5.